The average Bonchev–Trinajstić information content (AvgIpc) is 2.49. The molecular weight excluding hydrogens is 268 g/mol. The first-order valence-electron chi connectivity index (χ1n) is 6.59. The van der Waals surface area contributed by atoms with Crippen LogP contribution in [0.1, 0.15) is 18.1 Å². The lowest BCUT2D eigenvalue weighted by atomic mass is 10.1. The predicted octanol–water partition coefficient (Wildman–Crippen LogP) is 3.46. The fourth-order valence-corrected chi connectivity index (χ4v) is 1.78. The van der Waals surface area contributed by atoms with Crippen LogP contribution in [0.3, 0.4) is 0 Å². The monoisotopic (exact) mass is 284 g/mol. The van der Waals surface area contributed by atoms with Gasteiger partial charge in [0.15, 0.2) is 0 Å². The van der Waals surface area contributed by atoms with E-state index in [2.05, 4.69) is 0 Å². The van der Waals surface area contributed by atoms with Crippen molar-refractivity contribution in [2.24, 2.45) is 0 Å². The quantitative estimate of drug-likeness (QED) is 0.652. The summed E-state index contributed by atoms with van der Waals surface area (Å²) in [5.41, 5.74) is 1.79. The highest BCUT2D eigenvalue weighted by molar-refractivity contribution is 5.90. The van der Waals surface area contributed by atoms with Crippen LogP contribution in [0.5, 0.6) is 11.5 Å². The van der Waals surface area contributed by atoms with E-state index in [-0.39, 0.29) is 11.5 Å². The Labute approximate surface area is 122 Å². The van der Waals surface area contributed by atoms with Crippen LogP contribution in [0, 0.1) is 0 Å². The third-order valence-corrected chi connectivity index (χ3v) is 2.96. The van der Waals surface area contributed by atoms with E-state index >= 15 is 0 Å². The number of hydrogen-bond donors (Lipinski definition) is 2. The van der Waals surface area contributed by atoms with Gasteiger partial charge < -0.3 is 14.9 Å². The minimum Gasteiger partial charge on any atom is -0.508 e. The Morgan fingerprint density at radius 3 is 2.24 bits per heavy atom. The average molecular weight is 284 g/mol. The molecular formula is C17H16O4. The normalized spacial score (nSPS) is 11.2. The molecule has 4 heteroatoms. The molecule has 0 bridgehead atoms. The lowest BCUT2D eigenvalue weighted by Gasteiger charge is -2.07. The summed E-state index contributed by atoms with van der Waals surface area (Å²) in [6, 6.07) is 13.5. The highest BCUT2D eigenvalue weighted by Gasteiger charge is 2.10. The van der Waals surface area contributed by atoms with E-state index < -0.39 is 5.97 Å². The summed E-state index contributed by atoms with van der Waals surface area (Å²) in [5, 5.41) is 18.4. The van der Waals surface area contributed by atoms with Crippen molar-refractivity contribution in [3.8, 4) is 11.5 Å². The zero-order valence-electron chi connectivity index (χ0n) is 11.6. The summed E-state index contributed by atoms with van der Waals surface area (Å²) in [4.78, 5) is 11.3. The van der Waals surface area contributed by atoms with E-state index in [9.17, 15) is 15.0 Å². The topological polar surface area (TPSA) is 66.8 Å². The number of carbonyl (C=O) groups is 1. The van der Waals surface area contributed by atoms with Crippen LogP contribution in [-0.4, -0.2) is 16.2 Å². The molecule has 0 unspecified atom stereocenters. The predicted molar refractivity (Wildman–Crippen MR) is 80.2 cm³/mol. The standard InChI is InChI=1S/C17H16O4/c1-2-12-5-9-15(10-6-12)21-16(17(19)20)11-13-3-7-14(18)8-4-13/h3-11,18H,2H2,1H3,(H,19,20). The van der Waals surface area contributed by atoms with Crippen LogP contribution in [-0.2, 0) is 11.2 Å². The molecule has 2 N–H and O–H groups in total. The molecule has 0 atom stereocenters. The Kier molecular flexibility index (Phi) is 4.61. The molecule has 108 valence electrons. The summed E-state index contributed by atoms with van der Waals surface area (Å²) in [6.07, 6.45) is 2.32. The van der Waals surface area contributed by atoms with Gasteiger partial charge in [-0.15, -0.1) is 0 Å². The van der Waals surface area contributed by atoms with E-state index in [0.29, 0.717) is 11.3 Å². The second kappa shape index (κ2) is 6.61. The Morgan fingerprint density at radius 2 is 1.71 bits per heavy atom. The summed E-state index contributed by atoms with van der Waals surface area (Å²) in [7, 11) is 0. The lowest BCUT2D eigenvalue weighted by Crippen LogP contribution is -2.07. The first-order chi connectivity index (χ1) is 10.1. The SMILES string of the molecule is CCc1ccc(OC(=Cc2ccc(O)cc2)C(=O)O)cc1. The van der Waals surface area contributed by atoms with Gasteiger partial charge >= 0.3 is 5.97 Å². The van der Waals surface area contributed by atoms with E-state index in [1.807, 2.05) is 19.1 Å². The van der Waals surface area contributed by atoms with Crippen molar-refractivity contribution < 1.29 is 19.7 Å². The lowest BCUT2D eigenvalue weighted by molar-refractivity contribution is -0.134. The summed E-state index contributed by atoms with van der Waals surface area (Å²) in [6.45, 7) is 2.04. The van der Waals surface area contributed by atoms with Crippen molar-refractivity contribution in [3.63, 3.8) is 0 Å². The number of aryl methyl sites for hydroxylation is 1. The number of hydrogen-bond acceptors (Lipinski definition) is 3. The summed E-state index contributed by atoms with van der Waals surface area (Å²) >= 11 is 0. The molecule has 0 heterocycles. The van der Waals surface area contributed by atoms with E-state index in [4.69, 9.17) is 4.74 Å². The maximum absolute atomic E-state index is 11.3. The highest BCUT2D eigenvalue weighted by Crippen LogP contribution is 2.18. The molecule has 0 amide bonds. The van der Waals surface area contributed by atoms with E-state index in [1.54, 1.807) is 24.3 Å². The van der Waals surface area contributed by atoms with Gasteiger partial charge in [0.25, 0.3) is 0 Å². The number of phenols is 1. The van der Waals surface area contributed by atoms with Crippen LogP contribution in [0.2, 0.25) is 0 Å². The van der Waals surface area contributed by atoms with Crippen LogP contribution in [0.15, 0.2) is 54.3 Å². The van der Waals surface area contributed by atoms with Crippen molar-refractivity contribution in [3.05, 3.63) is 65.4 Å². The molecule has 4 nitrogen and oxygen atoms in total. The second-order valence-corrected chi connectivity index (χ2v) is 4.50. The van der Waals surface area contributed by atoms with E-state index in [1.165, 1.54) is 18.2 Å². The van der Waals surface area contributed by atoms with Gasteiger partial charge in [-0.2, -0.15) is 0 Å². The Hall–Kier alpha value is -2.75. The molecule has 0 aromatic heterocycles. The number of carboxylic acids is 1. The number of benzene rings is 2. The number of rotatable bonds is 5. The van der Waals surface area contributed by atoms with Gasteiger partial charge in [-0.05, 0) is 47.9 Å². The highest BCUT2D eigenvalue weighted by atomic mass is 16.5. The smallest absolute Gasteiger partial charge is 0.371 e. The van der Waals surface area contributed by atoms with Gasteiger partial charge in [0.1, 0.15) is 11.5 Å². The second-order valence-electron chi connectivity index (χ2n) is 4.50. The van der Waals surface area contributed by atoms with Gasteiger partial charge in [0, 0.05) is 0 Å². The van der Waals surface area contributed by atoms with Crippen LogP contribution < -0.4 is 4.74 Å². The Morgan fingerprint density at radius 1 is 1.10 bits per heavy atom. The molecule has 0 spiro atoms. The van der Waals surface area contributed by atoms with Crippen molar-refractivity contribution in [2.75, 3.05) is 0 Å². The fourth-order valence-electron chi connectivity index (χ4n) is 1.78. The maximum Gasteiger partial charge on any atom is 0.371 e. The molecule has 0 aliphatic rings. The number of aromatic hydroxyl groups is 1. The number of carboxylic acid groups (broad SMARTS) is 1. The van der Waals surface area contributed by atoms with Gasteiger partial charge in [-0.1, -0.05) is 31.2 Å². The largest absolute Gasteiger partial charge is 0.508 e. The third kappa shape index (κ3) is 4.11. The minimum atomic E-state index is -1.15. The molecule has 0 radical (unpaired) electrons. The fraction of sp³-hybridized carbons (Fsp3) is 0.118. The first-order valence-corrected chi connectivity index (χ1v) is 6.59. The minimum absolute atomic E-state index is 0.125. The van der Waals surface area contributed by atoms with Crippen molar-refractivity contribution >= 4 is 12.0 Å². The Balaban J connectivity index is 2.22. The molecule has 21 heavy (non-hydrogen) atoms. The molecule has 2 rings (SSSR count). The van der Waals surface area contributed by atoms with Crippen molar-refractivity contribution in [1.82, 2.24) is 0 Å². The van der Waals surface area contributed by atoms with Gasteiger partial charge in [-0.25, -0.2) is 4.79 Å². The number of aliphatic carboxylic acids is 1. The zero-order valence-corrected chi connectivity index (χ0v) is 11.6. The molecule has 0 saturated heterocycles. The molecule has 0 saturated carbocycles. The zero-order chi connectivity index (χ0) is 15.2. The summed E-state index contributed by atoms with van der Waals surface area (Å²) < 4.78 is 5.41. The maximum atomic E-state index is 11.3. The van der Waals surface area contributed by atoms with Crippen LogP contribution in [0.25, 0.3) is 6.08 Å². The Bertz CT molecular complexity index is 639. The van der Waals surface area contributed by atoms with Crippen LogP contribution >= 0.6 is 0 Å². The van der Waals surface area contributed by atoms with Crippen molar-refractivity contribution in [1.29, 1.82) is 0 Å². The molecule has 0 aliphatic heterocycles. The number of ether oxygens (including phenoxy) is 1. The number of phenolic OH excluding ortho intramolecular Hbond substituents is 1. The molecule has 0 fully saturated rings. The third-order valence-electron chi connectivity index (χ3n) is 2.96. The van der Waals surface area contributed by atoms with Crippen molar-refractivity contribution in [2.45, 2.75) is 13.3 Å². The molecule has 0 aliphatic carbocycles. The molecule has 2 aromatic carbocycles. The van der Waals surface area contributed by atoms with Gasteiger partial charge in [0.2, 0.25) is 5.76 Å². The molecule has 2 aromatic rings. The van der Waals surface area contributed by atoms with Crippen LogP contribution in [0.4, 0.5) is 0 Å². The van der Waals surface area contributed by atoms with Gasteiger partial charge in [-0.3, -0.25) is 0 Å². The van der Waals surface area contributed by atoms with Gasteiger partial charge in [0.05, 0.1) is 0 Å². The van der Waals surface area contributed by atoms with E-state index in [0.717, 1.165) is 12.0 Å². The first kappa shape index (κ1) is 14.7. The summed E-state index contributed by atoms with van der Waals surface area (Å²) in [5.74, 6) is -0.729.